The highest BCUT2D eigenvalue weighted by atomic mass is 35.5. The molecule has 5 heteroatoms. The lowest BCUT2D eigenvalue weighted by Gasteiger charge is -2.12. The number of halogens is 2. The number of aromatic nitrogens is 3. The van der Waals surface area contributed by atoms with E-state index in [9.17, 15) is 4.39 Å². The molecule has 0 aliphatic rings. The molecular weight excluding hydrogens is 253 g/mol. The van der Waals surface area contributed by atoms with Crippen molar-refractivity contribution in [1.29, 1.82) is 0 Å². The average molecular weight is 268 g/mol. The highest BCUT2D eigenvalue weighted by Gasteiger charge is 2.16. The molecule has 0 aliphatic carbocycles. The third-order valence-corrected chi connectivity index (χ3v) is 2.85. The van der Waals surface area contributed by atoms with Crippen molar-refractivity contribution < 1.29 is 4.39 Å². The summed E-state index contributed by atoms with van der Waals surface area (Å²) >= 11 is 5.84. The molecule has 0 radical (unpaired) electrons. The van der Waals surface area contributed by atoms with E-state index in [1.807, 2.05) is 4.57 Å². The lowest BCUT2D eigenvalue weighted by atomic mass is 10.1. The summed E-state index contributed by atoms with van der Waals surface area (Å²) in [5.41, 5.74) is 0.460. The minimum atomic E-state index is -0.295. The minimum Gasteiger partial charge on any atom is -0.310 e. The Morgan fingerprint density at radius 2 is 2.00 bits per heavy atom. The summed E-state index contributed by atoms with van der Waals surface area (Å²) < 4.78 is 15.7. The van der Waals surface area contributed by atoms with Crippen molar-refractivity contribution in [1.82, 2.24) is 14.8 Å². The van der Waals surface area contributed by atoms with E-state index in [1.54, 1.807) is 18.2 Å². The average Bonchev–Trinajstić information content (AvgIpc) is 2.72. The predicted octanol–water partition coefficient (Wildman–Crippen LogP) is 3.48. The topological polar surface area (TPSA) is 30.7 Å². The molecule has 18 heavy (non-hydrogen) atoms. The number of hydrogen-bond acceptors (Lipinski definition) is 2. The first kappa shape index (κ1) is 13.0. The summed E-state index contributed by atoms with van der Waals surface area (Å²) in [5, 5.41) is 8.08. The first-order chi connectivity index (χ1) is 8.63. The zero-order valence-electron chi connectivity index (χ0n) is 10.4. The first-order valence-electron chi connectivity index (χ1n) is 5.86. The zero-order valence-corrected chi connectivity index (χ0v) is 11.2. The van der Waals surface area contributed by atoms with Gasteiger partial charge in [0.25, 0.3) is 0 Å². The van der Waals surface area contributed by atoms with Crippen LogP contribution >= 0.6 is 11.6 Å². The van der Waals surface area contributed by atoms with E-state index >= 15 is 0 Å². The molecule has 2 aromatic rings. The SMILES string of the molecule is CC(C)Cn1c(CCl)nnc1-c1ccccc1F. The molecule has 96 valence electrons. The summed E-state index contributed by atoms with van der Waals surface area (Å²) in [5.74, 6) is 1.60. The van der Waals surface area contributed by atoms with Crippen LogP contribution in [0.2, 0.25) is 0 Å². The van der Waals surface area contributed by atoms with Crippen LogP contribution in [-0.2, 0) is 12.4 Å². The van der Waals surface area contributed by atoms with E-state index < -0.39 is 0 Å². The van der Waals surface area contributed by atoms with Crippen LogP contribution in [0.1, 0.15) is 19.7 Å². The van der Waals surface area contributed by atoms with Gasteiger partial charge in [-0.25, -0.2) is 4.39 Å². The Bertz CT molecular complexity index is 537. The number of rotatable bonds is 4. The van der Waals surface area contributed by atoms with Crippen molar-refractivity contribution in [2.24, 2.45) is 5.92 Å². The highest BCUT2D eigenvalue weighted by molar-refractivity contribution is 6.16. The Kier molecular flexibility index (Phi) is 3.97. The van der Waals surface area contributed by atoms with Crippen LogP contribution in [0.25, 0.3) is 11.4 Å². The fourth-order valence-corrected chi connectivity index (χ4v) is 2.03. The van der Waals surface area contributed by atoms with Gasteiger partial charge in [-0.05, 0) is 18.1 Å². The van der Waals surface area contributed by atoms with Gasteiger partial charge in [0.05, 0.1) is 11.4 Å². The molecule has 0 aliphatic heterocycles. The molecule has 3 nitrogen and oxygen atoms in total. The predicted molar refractivity (Wildman–Crippen MR) is 69.8 cm³/mol. The second-order valence-electron chi connectivity index (χ2n) is 4.56. The van der Waals surface area contributed by atoms with Gasteiger partial charge in [-0.3, -0.25) is 0 Å². The summed E-state index contributed by atoms with van der Waals surface area (Å²) in [4.78, 5) is 0. The Balaban J connectivity index is 2.51. The molecule has 1 aromatic carbocycles. The van der Waals surface area contributed by atoms with E-state index in [0.717, 1.165) is 6.54 Å². The quantitative estimate of drug-likeness (QED) is 0.794. The van der Waals surface area contributed by atoms with Crippen molar-refractivity contribution in [3.05, 3.63) is 35.9 Å². The van der Waals surface area contributed by atoms with Gasteiger partial charge in [0, 0.05) is 6.54 Å². The summed E-state index contributed by atoms with van der Waals surface area (Å²) in [7, 11) is 0. The Morgan fingerprint density at radius 1 is 1.28 bits per heavy atom. The van der Waals surface area contributed by atoms with Crippen LogP contribution in [0.3, 0.4) is 0 Å². The van der Waals surface area contributed by atoms with E-state index in [1.165, 1.54) is 6.07 Å². The number of nitrogens with zero attached hydrogens (tertiary/aromatic N) is 3. The Labute approximate surface area is 111 Å². The Hall–Kier alpha value is -1.42. The van der Waals surface area contributed by atoms with Gasteiger partial charge < -0.3 is 4.57 Å². The van der Waals surface area contributed by atoms with Gasteiger partial charge in [-0.1, -0.05) is 26.0 Å². The molecule has 0 atom stereocenters. The number of benzene rings is 1. The molecule has 1 heterocycles. The third-order valence-electron chi connectivity index (χ3n) is 2.61. The maximum absolute atomic E-state index is 13.8. The van der Waals surface area contributed by atoms with E-state index in [0.29, 0.717) is 23.1 Å². The Morgan fingerprint density at radius 3 is 2.61 bits per heavy atom. The lowest BCUT2D eigenvalue weighted by molar-refractivity contribution is 0.514. The molecule has 0 spiro atoms. The van der Waals surface area contributed by atoms with Crippen LogP contribution < -0.4 is 0 Å². The van der Waals surface area contributed by atoms with Crippen LogP contribution in [0.5, 0.6) is 0 Å². The molecule has 0 saturated carbocycles. The van der Waals surface area contributed by atoms with Crippen molar-refractivity contribution in [2.45, 2.75) is 26.3 Å². The van der Waals surface area contributed by atoms with Gasteiger partial charge in [0.15, 0.2) is 5.82 Å². The molecule has 0 unspecified atom stereocenters. The standard InChI is InChI=1S/C13H15ClFN3/c1-9(2)8-18-12(7-14)16-17-13(18)10-5-3-4-6-11(10)15/h3-6,9H,7-8H2,1-2H3. The normalized spacial score (nSPS) is 11.2. The molecule has 0 bridgehead atoms. The summed E-state index contributed by atoms with van der Waals surface area (Å²) in [6.45, 7) is 4.89. The first-order valence-corrected chi connectivity index (χ1v) is 6.40. The van der Waals surface area contributed by atoms with Crippen molar-refractivity contribution >= 4 is 11.6 Å². The van der Waals surface area contributed by atoms with E-state index in [2.05, 4.69) is 24.0 Å². The summed E-state index contributed by atoms with van der Waals surface area (Å²) in [6, 6.07) is 6.57. The third kappa shape index (κ3) is 2.53. The number of hydrogen-bond donors (Lipinski definition) is 0. The second kappa shape index (κ2) is 5.48. The molecular formula is C13H15ClFN3. The van der Waals surface area contributed by atoms with Gasteiger partial charge in [-0.15, -0.1) is 21.8 Å². The molecule has 0 saturated heterocycles. The lowest BCUT2D eigenvalue weighted by Crippen LogP contribution is -2.09. The summed E-state index contributed by atoms with van der Waals surface area (Å²) in [6.07, 6.45) is 0. The molecule has 1 aromatic heterocycles. The van der Waals surface area contributed by atoms with Gasteiger partial charge in [0.1, 0.15) is 11.6 Å². The second-order valence-corrected chi connectivity index (χ2v) is 4.83. The molecule has 0 fully saturated rings. The molecule has 0 N–H and O–H groups in total. The monoisotopic (exact) mass is 267 g/mol. The van der Waals surface area contributed by atoms with Crippen molar-refractivity contribution in [2.75, 3.05) is 0 Å². The fraction of sp³-hybridized carbons (Fsp3) is 0.385. The fourth-order valence-electron chi connectivity index (χ4n) is 1.83. The highest BCUT2D eigenvalue weighted by Crippen LogP contribution is 2.23. The van der Waals surface area contributed by atoms with Gasteiger partial charge in [-0.2, -0.15) is 0 Å². The maximum atomic E-state index is 13.8. The van der Waals surface area contributed by atoms with Crippen LogP contribution in [-0.4, -0.2) is 14.8 Å². The van der Waals surface area contributed by atoms with Gasteiger partial charge in [0.2, 0.25) is 0 Å². The van der Waals surface area contributed by atoms with Crippen LogP contribution in [0, 0.1) is 11.7 Å². The number of alkyl halides is 1. The largest absolute Gasteiger partial charge is 0.310 e. The zero-order chi connectivity index (χ0) is 13.1. The maximum Gasteiger partial charge on any atom is 0.166 e. The smallest absolute Gasteiger partial charge is 0.166 e. The van der Waals surface area contributed by atoms with Crippen molar-refractivity contribution in [3.8, 4) is 11.4 Å². The molecule has 2 rings (SSSR count). The van der Waals surface area contributed by atoms with Crippen LogP contribution in [0.4, 0.5) is 4.39 Å². The van der Waals surface area contributed by atoms with E-state index in [4.69, 9.17) is 11.6 Å². The molecule has 0 amide bonds. The van der Waals surface area contributed by atoms with Gasteiger partial charge >= 0.3 is 0 Å². The van der Waals surface area contributed by atoms with Crippen molar-refractivity contribution in [3.63, 3.8) is 0 Å². The van der Waals surface area contributed by atoms with Crippen LogP contribution in [0.15, 0.2) is 24.3 Å². The minimum absolute atomic E-state index is 0.272. The van der Waals surface area contributed by atoms with E-state index in [-0.39, 0.29) is 11.7 Å².